The van der Waals surface area contributed by atoms with Crippen molar-refractivity contribution in [1.82, 2.24) is 0 Å². The van der Waals surface area contributed by atoms with Crippen molar-refractivity contribution in [3.05, 3.63) is 70.8 Å². The van der Waals surface area contributed by atoms with Crippen LogP contribution in [0.25, 0.3) is 0 Å². The lowest BCUT2D eigenvalue weighted by atomic mass is 9.78. The molecule has 0 unspecified atom stereocenters. The van der Waals surface area contributed by atoms with E-state index in [1.54, 1.807) is 36.4 Å². The van der Waals surface area contributed by atoms with Crippen LogP contribution in [0, 0.1) is 24.7 Å². The van der Waals surface area contributed by atoms with E-state index in [0.29, 0.717) is 28.4 Å². The Labute approximate surface area is 174 Å². The Morgan fingerprint density at radius 1 is 1.14 bits per heavy atom. The van der Waals surface area contributed by atoms with Crippen LogP contribution in [0.15, 0.2) is 54.6 Å². The van der Waals surface area contributed by atoms with Crippen molar-refractivity contribution in [3.63, 3.8) is 0 Å². The predicted molar refractivity (Wildman–Crippen MR) is 113 cm³/mol. The van der Waals surface area contributed by atoms with Gasteiger partial charge in [-0.3, -0.25) is 19.3 Å². The summed E-state index contributed by atoms with van der Waals surface area (Å²) in [5.74, 6) is -1.36. The van der Waals surface area contributed by atoms with E-state index in [9.17, 15) is 14.4 Å². The molecule has 0 radical (unpaired) electrons. The molecular weight excluding hydrogens is 388 g/mol. The number of nitrogens with zero attached hydrogens (tertiary/aromatic N) is 1. The molecule has 1 aliphatic heterocycles. The van der Waals surface area contributed by atoms with E-state index in [1.807, 2.05) is 32.1 Å². The van der Waals surface area contributed by atoms with Gasteiger partial charge in [-0.2, -0.15) is 0 Å². The number of hydrogen-bond acceptors (Lipinski definition) is 3. The fraction of sp³-hybridized carbons (Fsp3) is 0.261. The maximum atomic E-state index is 13.0. The van der Waals surface area contributed by atoms with Crippen LogP contribution >= 0.6 is 11.6 Å². The monoisotopic (exact) mass is 408 g/mol. The summed E-state index contributed by atoms with van der Waals surface area (Å²) >= 11 is 6.02. The van der Waals surface area contributed by atoms with Gasteiger partial charge >= 0.3 is 0 Å². The Kier molecular flexibility index (Phi) is 5.01. The minimum Gasteiger partial charge on any atom is -0.322 e. The molecule has 3 amide bonds. The third-order valence-electron chi connectivity index (χ3n) is 5.69. The second-order valence-corrected chi connectivity index (χ2v) is 8.07. The van der Waals surface area contributed by atoms with Crippen LogP contribution < -0.4 is 10.2 Å². The zero-order valence-corrected chi connectivity index (χ0v) is 16.9. The van der Waals surface area contributed by atoms with Gasteiger partial charge in [0, 0.05) is 16.3 Å². The van der Waals surface area contributed by atoms with Crippen LogP contribution in [0.2, 0.25) is 5.02 Å². The number of carbonyl (C=O) groups excluding carboxylic acids is 3. The van der Waals surface area contributed by atoms with E-state index in [0.717, 1.165) is 5.56 Å². The molecule has 2 aliphatic rings. The standard InChI is InChI=1S/C23H21ClN2O3/c1-13-9-10-16(24)12-19(13)25-21(27)15-6-4-7-17(11-15)26-22(28)18-8-3-5-14(2)20(18)23(26)29/h3-7,9-12,14,18,20H,8H2,1-2H3,(H,25,27)/t14-,18-,20-/m0/s1. The summed E-state index contributed by atoms with van der Waals surface area (Å²) in [6.07, 6.45) is 4.54. The first-order chi connectivity index (χ1) is 13.9. The average molecular weight is 409 g/mol. The molecule has 0 saturated carbocycles. The molecule has 1 N–H and O–H groups in total. The highest BCUT2D eigenvalue weighted by Gasteiger charge is 2.50. The van der Waals surface area contributed by atoms with Crippen LogP contribution in [-0.4, -0.2) is 17.7 Å². The Bertz CT molecular complexity index is 1050. The zero-order chi connectivity index (χ0) is 20.7. The van der Waals surface area contributed by atoms with Crippen molar-refractivity contribution in [2.24, 2.45) is 17.8 Å². The van der Waals surface area contributed by atoms with E-state index in [-0.39, 0.29) is 35.5 Å². The van der Waals surface area contributed by atoms with Gasteiger partial charge in [0.1, 0.15) is 0 Å². The lowest BCUT2D eigenvalue weighted by molar-refractivity contribution is -0.122. The van der Waals surface area contributed by atoms with Crippen LogP contribution in [-0.2, 0) is 9.59 Å². The lowest BCUT2D eigenvalue weighted by Gasteiger charge is -2.22. The van der Waals surface area contributed by atoms with Gasteiger partial charge in [0.2, 0.25) is 11.8 Å². The number of fused-ring (bicyclic) bond motifs is 1. The minimum atomic E-state index is -0.334. The number of hydrogen-bond donors (Lipinski definition) is 1. The smallest absolute Gasteiger partial charge is 0.255 e. The molecule has 0 spiro atoms. The van der Waals surface area contributed by atoms with Gasteiger partial charge in [0.15, 0.2) is 0 Å². The zero-order valence-electron chi connectivity index (χ0n) is 16.2. The molecule has 1 fully saturated rings. The molecule has 3 atom stereocenters. The molecule has 2 aromatic rings. The summed E-state index contributed by atoms with van der Waals surface area (Å²) in [5.41, 5.74) is 2.29. The fourth-order valence-corrected chi connectivity index (χ4v) is 4.28. The molecule has 2 aromatic carbocycles. The van der Waals surface area contributed by atoms with Crippen LogP contribution in [0.3, 0.4) is 0 Å². The van der Waals surface area contributed by atoms with Crippen LogP contribution in [0.4, 0.5) is 11.4 Å². The molecule has 1 aliphatic carbocycles. The number of carbonyl (C=O) groups is 3. The summed E-state index contributed by atoms with van der Waals surface area (Å²) in [7, 11) is 0. The topological polar surface area (TPSA) is 66.5 Å². The first kappa shape index (κ1) is 19.4. The number of nitrogens with one attached hydrogen (secondary N) is 1. The third kappa shape index (κ3) is 3.47. The molecule has 5 nitrogen and oxygen atoms in total. The highest BCUT2D eigenvalue weighted by Crippen LogP contribution is 2.40. The van der Waals surface area contributed by atoms with E-state index in [2.05, 4.69) is 5.32 Å². The molecular formula is C23H21ClN2O3. The maximum Gasteiger partial charge on any atom is 0.255 e. The van der Waals surface area contributed by atoms with Gasteiger partial charge in [-0.25, -0.2) is 0 Å². The second kappa shape index (κ2) is 7.48. The lowest BCUT2D eigenvalue weighted by Crippen LogP contribution is -2.31. The summed E-state index contributed by atoms with van der Waals surface area (Å²) in [5, 5.41) is 3.37. The molecule has 1 heterocycles. The highest BCUT2D eigenvalue weighted by atomic mass is 35.5. The number of allylic oxidation sites excluding steroid dienone is 2. The van der Waals surface area contributed by atoms with Crippen molar-refractivity contribution in [1.29, 1.82) is 0 Å². The summed E-state index contributed by atoms with van der Waals surface area (Å²) in [4.78, 5) is 39.9. The first-order valence-corrected chi connectivity index (χ1v) is 9.96. The molecule has 1 saturated heterocycles. The number of benzene rings is 2. The van der Waals surface area contributed by atoms with Crippen molar-refractivity contribution in [3.8, 4) is 0 Å². The van der Waals surface area contributed by atoms with Gasteiger partial charge < -0.3 is 5.32 Å². The van der Waals surface area contributed by atoms with Gasteiger partial charge in [-0.1, -0.05) is 42.8 Å². The summed E-state index contributed by atoms with van der Waals surface area (Å²) in [6.45, 7) is 3.83. The van der Waals surface area contributed by atoms with E-state index in [1.165, 1.54) is 4.90 Å². The predicted octanol–water partition coefficient (Wildman–Crippen LogP) is 4.60. The molecule has 0 aromatic heterocycles. The average Bonchev–Trinajstić information content (AvgIpc) is 2.96. The normalized spacial score (nSPS) is 23.3. The molecule has 29 heavy (non-hydrogen) atoms. The van der Waals surface area contributed by atoms with E-state index >= 15 is 0 Å². The number of rotatable bonds is 3. The van der Waals surface area contributed by atoms with Gasteiger partial charge in [-0.05, 0) is 55.2 Å². The van der Waals surface area contributed by atoms with Crippen molar-refractivity contribution in [2.45, 2.75) is 20.3 Å². The van der Waals surface area contributed by atoms with Crippen LogP contribution in [0.1, 0.15) is 29.3 Å². The van der Waals surface area contributed by atoms with Crippen molar-refractivity contribution >= 4 is 40.7 Å². The van der Waals surface area contributed by atoms with E-state index in [4.69, 9.17) is 11.6 Å². The first-order valence-electron chi connectivity index (χ1n) is 9.59. The summed E-state index contributed by atoms with van der Waals surface area (Å²) < 4.78 is 0. The Morgan fingerprint density at radius 3 is 2.69 bits per heavy atom. The highest BCUT2D eigenvalue weighted by molar-refractivity contribution is 6.31. The Morgan fingerprint density at radius 2 is 1.93 bits per heavy atom. The summed E-state index contributed by atoms with van der Waals surface area (Å²) in [6, 6.07) is 11.9. The number of anilines is 2. The van der Waals surface area contributed by atoms with Gasteiger partial charge in [0.05, 0.1) is 17.5 Å². The minimum absolute atomic E-state index is 0.0208. The Balaban J connectivity index is 1.61. The van der Waals surface area contributed by atoms with Crippen LogP contribution in [0.5, 0.6) is 0 Å². The van der Waals surface area contributed by atoms with Gasteiger partial charge in [0.25, 0.3) is 5.91 Å². The Hall–Kier alpha value is -2.92. The second-order valence-electron chi connectivity index (χ2n) is 7.63. The molecule has 148 valence electrons. The van der Waals surface area contributed by atoms with Crippen molar-refractivity contribution in [2.75, 3.05) is 10.2 Å². The maximum absolute atomic E-state index is 13.0. The van der Waals surface area contributed by atoms with E-state index < -0.39 is 0 Å². The number of halogens is 1. The third-order valence-corrected chi connectivity index (χ3v) is 5.92. The largest absolute Gasteiger partial charge is 0.322 e. The molecule has 6 heteroatoms. The van der Waals surface area contributed by atoms with Gasteiger partial charge in [-0.15, -0.1) is 0 Å². The number of amides is 3. The van der Waals surface area contributed by atoms with Crippen molar-refractivity contribution < 1.29 is 14.4 Å². The number of imide groups is 1. The fourth-order valence-electron chi connectivity index (χ4n) is 4.11. The molecule has 0 bridgehead atoms. The molecule has 4 rings (SSSR count). The SMILES string of the molecule is Cc1ccc(Cl)cc1NC(=O)c1cccc(N2C(=O)[C@@H]3[C@H](CC=C[C@@H]3C)C2=O)c1. The quantitative estimate of drug-likeness (QED) is 0.596. The number of aryl methyl sites for hydroxylation is 1.